The van der Waals surface area contributed by atoms with E-state index in [-0.39, 0.29) is 0 Å². The van der Waals surface area contributed by atoms with Gasteiger partial charge in [-0.2, -0.15) is 0 Å². The first-order valence-electron chi connectivity index (χ1n) is 2.30. The van der Waals surface area contributed by atoms with Crippen molar-refractivity contribution in [2.45, 2.75) is 13.8 Å². The zero-order chi connectivity index (χ0) is 5.28. The van der Waals surface area contributed by atoms with Crippen LogP contribution < -0.4 is 0 Å². The molecule has 0 spiro atoms. The summed E-state index contributed by atoms with van der Waals surface area (Å²) in [7, 11) is 0. The van der Waals surface area contributed by atoms with Gasteiger partial charge < -0.3 is 0 Å². The van der Waals surface area contributed by atoms with Crippen molar-refractivity contribution in [2.24, 2.45) is 0 Å². The third kappa shape index (κ3) is 0.960. The molecule has 0 saturated heterocycles. The van der Waals surface area contributed by atoms with Gasteiger partial charge in [0, 0.05) is 0 Å². The molecule has 0 atom stereocenters. The Kier molecular flexibility index (Phi) is 1.36. The molecule has 0 radical (unpaired) electrons. The first-order chi connectivity index (χ1) is 3.30. The van der Waals surface area contributed by atoms with E-state index in [1.807, 2.05) is 0 Å². The molecule has 0 bridgehead atoms. The molecule has 0 aliphatic carbocycles. The van der Waals surface area contributed by atoms with Gasteiger partial charge in [-0.05, 0) is 0 Å². The molecule has 38 valence electrons. The molecule has 0 unspecified atom stereocenters. The molecule has 7 heavy (non-hydrogen) atoms. The van der Waals surface area contributed by atoms with E-state index in [9.17, 15) is 0 Å². The normalized spacial score (nSPS) is 9.43. The van der Waals surface area contributed by atoms with Gasteiger partial charge >= 0.3 is 49.4 Å². The zero-order valence-corrected chi connectivity index (χ0v) is 6.28. The fourth-order valence-electron chi connectivity index (χ4n) is 0.424. The number of rotatable bonds is 0. The van der Waals surface area contributed by atoms with E-state index in [1.54, 1.807) is 0 Å². The molecule has 0 aromatic carbocycles. The number of hydrogen-bond donors (Lipinski definition) is 0. The van der Waals surface area contributed by atoms with Gasteiger partial charge in [0.05, 0.1) is 0 Å². The van der Waals surface area contributed by atoms with Crippen molar-refractivity contribution < 1.29 is 0 Å². The summed E-state index contributed by atoms with van der Waals surface area (Å²) in [5, 5.41) is 0. The van der Waals surface area contributed by atoms with Crippen LogP contribution in [0.3, 0.4) is 0 Å². The third-order valence-corrected chi connectivity index (χ3v) is 3.17. The molecule has 0 aliphatic rings. The Morgan fingerprint density at radius 3 is 1.71 bits per heavy atom. The quantitative estimate of drug-likeness (QED) is 0.501. The van der Waals surface area contributed by atoms with E-state index in [0.29, 0.717) is 14.5 Å². The molecule has 0 nitrogen and oxygen atoms in total. The van der Waals surface area contributed by atoms with E-state index in [2.05, 4.69) is 23.7 Å². The molecule has 1 aromatic rings. The molecule has 0 amide bonds. The number of aryl methyl sites for hydroxylation is 2. The standard InChI is InChI=1S/C6H8Se/c1-5-3-7-4-6(5)2/h3-4H,1-2H3. The van der Waals surface area contributed by atoms with Crippen LogP contribution in [-0.4, -0.2) is 14.5 Å². The van der Waals surface area contributed by atoms with Gasteiger partial charge in [0.1, 0.15) is 0 Å². The zero-order valence-electron chi connectivity index (χ0n) is 4.56. The van der Waals surface area contributed by atoms with Gasteiger partial charge in [0.15, 0.2) is 0 Å². The van der Waals surface area contributed by atoms with Gasteiger partial charge in [-0.3, -0.25) is 0 Å². The van der Waals surface area contributed by atoms with Crippen molar-refractivity contribution >= 4 is 14.5 Å². The van der Waals surface area contributed by atoms with Gasteiger partial charge in [-0.25, -0.2) is 0 Å². The minimum atomic E-state index is 0.689. The summed E-state index contributed by atoms with van der Waals surface area (Å²) in [5.74, 6) is 0. The van der Waals surface area contributed by atoms with Crippen molar-refractivity contribution in [3.8, 4) is 0 Å². The van der Waals surface area contributed by atoms with Crippen molar-refractivity contribution in [1.29, 1.82) is 0 Å². The Hall–Kier alpha value is -0.000519. The van der Waals surface area contributed by atoms with Crippen molar-refractivity contribution in [1.82, 2.24) is 0 Å². The van der Waals surface area contributed by atoms with Crippen molar-refractivity contribution in [2.75, 3.05) is 0 Å². The van der Waals surface area contributed by atoms with Crippen LogP contribution in [0.15, 0.2) is 9.88 Å². The summed E-state index contributed by atoms with van der Waals surface area (Å²) in [6.45, 7) is 4.33. The summed E-state index contributed by atoms with van der Waals surface area (Å²) >= 11 is 0.689. The molecule has 1 aromatic heterocycles. The predicted molar refractivity (Wildman–Crippen MR) is 32.9 cm³/mol. The van der Waals surface area contributed by atoms with E-state index >= 15 is 0 Å². The van der Waals surface area contributed by atoms with Crippen LogP contribution in [-0.2, 0) is 0 Å². The average molecular weight is 159 g/mol. The minimum absolute atomic E-state index is 0.689. The summed E-state index contributed by atoms with van der Waals surface area (Å²) in [6, 6.07) is 0. The van der Waals surface area contributed by atoms with Crippen LogP contribution in [0.1, 0.15) is 11.1 Å². The molecule has 0 N–H and O–H groups in total. The van der Waals surface area contributed by atoms with E-state index in [0.717, 1.165) is 0 Å². The third-order valence-electron chi connectivity index (χ3n) is 1.11. The second kappa shape index (κ2) is 1.85. The van der Waals surface area contributed by atoms with Gasteiger partial charge in [0.25, 0.3) is 0 Å². The Bertz CT molecular complexity index is 136. The van der Waals surface area contributed by atoms with E-state index in [1.165, 1.54) is 11.1 Å². The SMILES string of the molecule is Cc1c[se]cc1C. The molecule has 1 heteroatoms. The predicted octanol–water partition coefficient (Wildman–Crippen LogP) is 1.36. The van der Waals surface area contributed by atoms with Crippen LogP contribution in [0.25, 0.3) is 0 Å². The Balaban J connectivity index is 3.12. The maximum absolute atomic E-state index is 2.31. The van der Waals surface area contributed by atoms with Gasteiger partial charge in [-0.1, -0.05) is 0 Å². The van der Waals surface area contributed by atoms with E-state index in [4.69, 9.17) is 0 Å². The second-order valence-electron chi connectivity index (χ2n) is 1.74. The average Bonchev–Trinajstić information content (AvgIpc) is 1.91. The second-order valence-corrected chi connectivity index (χ2v) is 3.30. The molecular formula is C6H8Se. The molecule has 1 heterocycles. The monoisotopic (exact) mass is 160 g/mol. The summed E-state index contributed by atoms with van der Waals surface area (Å²) in [5.41, 5.74) is 2.94. The molecule has 1 rings (SSSR count). The summed E-state index contributed by atoms with van der Waals surface area (Å²) in [4.78, 5) is 4.62. The summed E-state index contributed by atoms with van der Waals surface area (Å²) in [6.07, 6.45) is 0. The summed E-state index contributed by atoms with van der Waals surface area (Å²) < 4.78 is 0. The number of hydrogen-bond acceptors (Lipinski definition) is 0. The molecule has 0 aliphatic heterocycles. The first-order valence-corrected chi connectivity index (χ1v) is 4.28. The fraction of sp³-hybridized carbons (Fsp3) is 0.333. The first kappa shape index (κ1) is 5.14. The van der Waals surface area contributed by atoms with Crippen molar-refractivity contribution in [3.63, 3.8) is 0 Å². The van der Waals surface area contributed by atoms with Crippen LogP contribution in [0.2, 0.25) is 0 Å². The molecule has 0 fully saturated rings. The van der Waals surface area contributed by atoms with Gasteiger partial charge in [0.2, 0.25) is 0 Å². The van der Waals surface area contributed by atoms with Crippen LogP contribution in [0, 0.1) is 13.8 Å². The van der Waals surface area contributed by atoms with E-state index < -0.39 is 0 Å². The van der Waals surface area contributed by atoms with Crippen LogP contribution >= 0.6 is 0 Å². The van der Waals surface area contributed by atoms with Crippen LogP contribution in [0.5, 0.6) is 0 Å². The van der Waals surface area contributed by atoms with Crippen molar-refractivity contribution in [3.05, 3.63) is 21.0 Å². The topological polar surface area (TPSA) is 0 Å². The van der Waals surface area contributed by atoms with Gasteiger partial charge in [-0.15, -0.1) is 0 Å². The maximum atomic E-state index is 2.31. The Labute approximate surface area is 49.9 Å². The molecule has 0 saturated carbocycles. The Morgan fingerprint density at radius 1 is 1.14 bits per heavy atom. The fourth-order valence-corrected chi connectivity index (χ4v) is 2.20. The van der Waals surface area contributed by atoms with Crippen LogP contribution in [0.4, 0.5) is 0 Å². The molecular weight excluding hydrogens is 151 g/mol. The Morgan fingerprint density at radius 2 is 1.57 bits per heavy atom.